The molecule has 16 heteroatoms. The van der Waals surface area contributed by atoms with Gasteiger partial charge in [0.15, 0.2) is 12.6 Å². The Labute approximate surface area is 211 Å². The first-order valence-electron chi connectivity index (χ1n) is 11.9. The van der Waals surface area contributed by atoms with Gasteiger partial charge in [-0.25, -0.2) is 0 Å². The van der Waals surface area contributed by atoms with Crippen LogP contribution in [-0.4, -0.2) is 164 Å². The minimum Gasteiger partial charge on any atom is -0.394 e. The van der Waals surface area contributed by atoms with Crippen LogP contribution in [0.4, 0.5) is 0 Å². The molecule has 9 unspecified atom stereocenters. The van der Waals surface area contributed by atoms with Crippen LogP contribution in [-0.2, 0) is 28.5 Å². The normalized spacial score (nSPS) is 49.0. The molecule has 0 spiro atoms. The molecule has 0 radical (unpaired) electrons. The molecule has 3 rings (SSSR count). The number of nitrogens with one attached hydrogen (secondary N) is 1. The number of ether oxygens (including phenoxy) is 5. The predicted octanol–water partition coefficient (Wildman–Crippen LogP) is -6.36. The molecule has 0 aromatic carbocycles. The average molecular weight is 544 g/mol. The third-order valence-electron chi connectivity index (χ3n) is 6.77. The van der Waals surface area contributed by atoms with Crippen LogP contribution in [0.2, 0.25) is 0 Å². The van der Waals surface area contributed by atoms with Gasteiger partial charge < -0.3 is 75.0 Å². The monoisotopic (exact) mass is 543 g/mol. The number of carbonyl (C=O) groups is 1. The zero-order valence-electron chi connectivity index (χ0n) is 20.3. The van der Waals surface area contributed by atoms with Gasteiger partial charge in [0, 0.05) is 6.92 Å². The Hall–Kier alpha value is -1.09. The number of carbonyl (C=O) groups excluding carboxylic acids is 1. The SMILES string of the molecule is CC(=O)NC1C(O)[C@H](O[C@@H]2OC(CO)[C@H](O)C(O[C@H]3OC(CO)[C@H](O)C(O)C3O)C2O)C(CO)O[C@H]1C. The van der Waals surface area contributed by atoms with Gasteiger partial charge in [0.2, 0.25) is 5.91 Å². The fraction of sp³-hybridized carbons (Fsp3) is 0.952. The number of amides is 1. The summed E-state index contributed by atoms with van der Waals surface area (Å²) < 4.78 is 27.6. The van der Waals surface area contributed by atoms with E-state index in [1.807, 2.05) is 0 Å². The van der Waals surface area contributed by atoms with Crippen molar-refractivity contribution in [2.24, 2.45) is 0 Å². The van der Waals surface area contributed by atoms with Crippen LogP contribution in [0, 0.1) is 0 Å². The molecule has 0 bridgehead atoms. The van der Waals surface area contributed by atoms with E-state index in [4.69, 9.17) is 23.7 Å². The highest BCUT2D eigenvalue weighted by Crippen LogP contribution is 2.32. The molecule has 3 heterocycles. The highest BCUT2D eigenvalue weighted by atomic mass is 16.7. The molecule has 15 atom stereocenters. The van der Waals surface area contributed by atoms with E-state index in [1.165, 1.54) is 6.92 Å². The summed E-state index contributed by atoms with van der Waals surface area (Å²) in [6.45, 7) is 0.664. The molecule has 0 aromatic rings. The van der Waals surface area contributed by atoms with Gasteiger partial charge in [-0.15, -0.1) is 0 Å². The van der Waals surface area contributed by atoms with Gasteiger partial charge in [0.25, 0.3) is 0 Å². The van der Waals surface area contributed by atoms with Crippen molar-refractivity contribution >= 4 is 5.91 Å². The van der Waals surface area contributed by atoms with Gasteiger partial charge in [-0.2, -0.15) is 0 Å². The van der Waals surface area contributed by atoms with Crippen LogP contribution in [0.5, 0.6) is 0 Å². The Morgan fingerprint density at radius 2 is 1.19 bits per heavy atom. The van der Waals surface area contributed by atoms with Crippen molar-refractivity contribution in [2.45, 2.75) is 106 Å². The van der Waals surface area contributed by atoms with Crippen LogP contribution >= 0.6 is 0 Å². The zero-order valence-corrected chi connectivity index (χ0v) is 20.3. The number of aliphatic hydroxyl groups excluding tert-OH is 9. The van der Waals surface area contributed by atoms with Gasteiger partial charge >= 0.3 is 0 Å². The molecule has 0 saturated carbocycles. The largest absolute Gasteiger partial charge is 0.394 e. The van der Waals surface area contributed by atoms with Crippen molar-refractivity contribution in [3.05, 3.63) is 0 Å². The maximum absolute atomic E-state index is 11.6. The summed E-state index contributed by atoms with van der Waals surface area (Å²) in [5.74, 6) is -0.467. The smallest absolute Gasteiger partial charge is 0.217 e. The first-order valence-corrected chi connectivity index (χ1v) is 11.9. The summed E-state index contributed by atoms with van der Waals surface area (Å²) in [4.78, 5) is 11.6. The van der Waals surface area contributed by atoms with Crippen molar-refractivity contribution in [1.29, 1.82) is 0 Å². The van der Waals surface area contributed by atoms with E-state index in [2.05, 4.69) is 5.32 Å². The summed E-state index contributed by atoms with van der Waals surface area (Å²) in [5, 5.41) is 94.1. The van der Waals surface area contributed by atoms with Gasteiger partial charge in [-0.3, -0.25) is 4.79 Å². The number of rotatable bonds is 8. The van der Waals surface area contributed by atoms with E-state index in [9.17, 15) is 50.8 Å². The molecule has 216 valence electrons. The zero-order chi connectivity index (χ0) is 27.6. The fourth-order valence-corrected chi connectivity index (χ4v) is 4.71. The summed E-state index contributed by atoms with van der Waals surface area (Å²) in [7, 11) is 0. The molecule has 3 aliphatic heterocycles. The van der Waals surface area contributed by atoms with Crippen LogP contribution in [0.1, 0.15) is 13.8 Å². The lowest BCUT2D eigenvalue weighted by atomic mass is 9.92. The average Bonchev–Trinajstić information content (AvgIpc) is 2.86. The molecule has 0 aliphatic carbocycles. The highest BCUT2D eigenvalue weighted by molar-refractivity contribution is 5.73. The van der Waals surface area contributed by atoms with E-state index in [0.717, 1.165) is 0 Å². The second-order valence-corrected chi connectivity index (χ2v) is 9.38. The first kappa shape index (κ1) is 30.5. The number of hydrogen-bond donors (Lipinski definition) is 10. The summed E-state index contributed by atoms with van der Waals surface area (Å²) in [6.07, 6.45) is -21.3. The van der Waals surface area contributed by atoms with Crippen LogP contribution < -0.4 is 5.32 Å². The number of hydrogen-bond acceptors (Lipinski definition) is 15. The standard InChI is InChI=1S/C21H37NO15/c1-6-11(22-7(2)26)14(29)18(10(5-25)33-6)36-21-17(32)19(13(28)9(4-24)35-21)37-20-16(31)15(30)12(27)8(3-23)34-20/h6,8-21,23-25,27-32H,3-5H2,1-2H3,(H,22,26)/t6-,8?,9?,10?,11?,12-,13-,14?,15?,16?,17?,18+,19?,20+,21-/m0/s1. The fourth-order valence-electron chi connectivity index (χ4n) is 4.71. The second-order valence-electron chi connectivity index (χ2n) is 9.38. The molecule has 16 nitrogen and oxygen atoms in total. The van der Waals surface area contributed by atoms with Crippen molar-refractivity contribution in [2.75, 3.05) is 19.8 Å². The molecule has 37 heavy (non-hydrogen) atoms. The molecule has 0 aromatic heterocycles. The van der Waals surface area contributed by atoms with Crippen molar-refractivity contribution in [1.82, 2.24) is 5.32 Å². The maximum Gasteiger partial charge on any atom is 0.217 e. The Bertz CT molecular complexity index is 745. The number of aliphatic hydroxyl groups is 9. The second kappa shape index (κ2) is 12.8. The van der Waals surface area contributed by atoms with E-state index in [0.29, 0.717) is 0 Å². The highest BCUT2D eigenvalue weighted by Gasteiger charge is 2.53. The molecule has 10 N–H and O–H groups in total. The molecule has 3 fully saturated rings. The molecule has 3 saturated heterocycles. The van der Waals surface area contributed by atoms with E-state index in [-0.39, 0.29) is 0 Å². The quantitative estimate of drug-likeness (QED) is 0.137. The van der Waals surface area contributed by atoms with Crippen LogP contribution in [0.25, 0.3) is 0 Å². The molecular weight excluding hydrogens is 506 g/mol. The van der Waals surface area contributed by atoms with E-state index < -0.39 is 118 Å². The Morgan fingerprint density at radius 1 is 0.676 bits per heavy atom. The van der Waals surface area contributed by atoms with Crippen molar-refractivity contribution < 1.29 is 74.4 Å². The van der Waals surface area contributed by atoms with Gasteiger partial charge in [-0.1, -0.05) is 0 Å². The maximum atomic E-state index is 11.6. The predicted molar refractivity (Wildman–Crippen MR) is 116 cm³/mol. The molecular formula is C21H37NO15. The summed E-state index contributed by atoms with van der Waals surface area (Å²) in [6, 6.07) is -0.952. The van der Waals surface area contributed by atoms with Crippen molar-refractivity contribution in [3.8, 4) is 0 Å². The Balaban J connectivity index is 1.80. The molecule has 1 amide bonds. The van der Waals surface area contributed by atoms with Crippen LogP contribution in [0.15, 0.2) is 0 Å². The minimum absolute atomic E-state index is 0.467. The summed E-state index contributed by atoms with van der Waals surface area (Å²) in [5.41, 5.74) is 0. The lowest BCUT2D eigenvalue weighted by molar-refractivity contribution is -0.371. The van der Waals surface area contributed by atoms with Gasteiger partial charge in [0.05, 0.1) is 32.0 Å². The van der Waals surface area contributed by atoms with Crippen molar-refractivity contribution in [3.63, 3.8) is 0 Å². The van der Waals surface area contributed by atoms with Gasteiger partial charge in [0.1, 0.15) is 67.1 Å². The lowest BCUT2D eigenvalue weighted by Gasteiger charge is -2.48. The lowest BCUT2D eigenvalue weighted by Crippen LogP contribution is -2.67. The van der Waals surface area contributed by atoms with E-state index >= 15 is 0 Å². The summed E-state index contributed by atoms with van der Waals surface area (Å²) >= 11 is 0. The minimum atomic E-state index is -1.85. The third kappa shape index (κ3) is 6.39. The third-order valence-corrected chi connectivity index (χ3v) is 6.77. The van der Waals surface area contributed by atoms with Crippen LogP contribution in [0.3, 0.4) is 0 Å². The first-order chi connectivity index (χ1) is 17.4. The van der Waals surface area contributed by atoms with Gasteiger partial charge in [-0.05, 0) is 6.92 Å². The van der Waals surface area contributed by atoms with E-state index in [1.54, 1.807) is 6.92 Å². The topological polar surface area (TPSA) is 257 Å². The Morgan fingerprint density at radius 3 is 1.73 bits per heavy atom. The Kier molecular flexibility index (Phi) is 10.6. The molecule has 3 aliphatic rings.